The van der Waals surface area contributed by atoms with Gasteiger partial charge in [-0.05, 0) is 6.07 Å². The normalized spacial score (nSPS) is 17.5. The number of halogens is 2. The molecular weight excluding hydrogens is 310 g/mol. The number of rotatable bonds is 2. The molecule has 1 fully saturated rings. The lowest BCUT2D eigenvalue weighted by Crippen LogP contribution is -2.44. The van der Waals surface area contributed by atoms with Crippen LogP contribution in [0.4, 0.5) is 14.5 Å². The Labute approximate surface area is 118 Å². The Morgan fingerprint density at radius 1 is 1.19 bits per heavy atom. The average molecular weight is 320 g/mol. The van der Waals surface area contributed by atoms with Crippen LogP contribution in [0.3, 0.4) is 0 Å². The Morgan fingerprint density at radius 3 is 2.29 bits per heavy atom. The number of nitro groups is 1. The van der Waals surface area contributed by atoms with Crippen LogP contribution < -0.4 is 0 Å². The molecule has 0 unspecified atom stereocenters. The summed E-state index contributed by atoms with van der Waals surface area (Å²) < 4.78 is 49.7. The van der Waals surface area contributed by atoms with Crippen LogP contribution in [-0.2, 0) is 9.84 Å². The molecule has 0 N–H and O–H groups in total. The van der Waals surface area contributed by atoms with Gasteiger partial charge in [0.2, 0.25) is 5.82 Å². The first kappa shape index (κ1) is 15.3. The molecule has 7 nitrogen and oxygen atoms in total. The maximum Gasteiger partial charge on any atom is 0.307 e. The fraction of sp³-hybridized carbons (Fsp3) is 0.364. The van der Waals surface area contributed by atoms with Gasteiger partial charge in [-0.2, -0.15) is 4.39 Å². The summed E-state index contributed by atoms with van der Waals surface area (Å²) in [6, 6.07) is 0.794. The van der Waals surface area contributed by atoms with Crippen LogP contribution in [0.5, 0.6) is 0 Å². The van der Waals surface area contributed by atoms with Crippen molar-refractivity contribution in [1.82, 2.24) is 4.90 Å². The molecule has 21 heavy (non-hydrogen) atoms. The highest BCUT2D eigenvalue weighted by atomic mass is 32.2. The molecule has 1 aliphatic rings. The van der Waals surface area contributed by atoms with Crippen molar-refractivity contribution in [3.8, 4) is 0 Å². The maximum absolute atomic E-state index is 13.7. The van der Waals surface area contributed by atoms with Crippen molar-refractivity contribution in [3.05, 3.63) is 39.4 Å². The lowest BCUT2D eigenvalue weighted by atomic mass is 10.1. The zero-order valence-electron chi connectivity index (χ0n) is 10.6. The number of benzene rings is 1. The SMILES string of the molecule is O=C(c1cc(F)c([N+](=O)[O-])cc1F)N1CCS(=O)(=O)CC1. The van der Waals surface area contributed by atoms with Gasteiger partial charge < -0.3 is 4.90 Å². The van der Waals surface area contributed by atoms with Gasteiger partial charge in [0.15, 0.2) is 9.84 Å². The fourth-order valence-electron chi connectivity index (χ4n) is 1.93. The quantitative estimate of drug-likeness (QED) is 0.591. The van der Waals surface area contributed by atoms with Crippen molar-refractivity contribution in [2.75, 3.05) is 24.6 Å². The second-order valence-corrected chi connectivity index (χ2v) is 6.79. The minimum absolute atomic E-state index is 0.126. The molecule has 0 aromatic heterocycles. The van der Waals surface area contributed by atoms with Gasteiger partial charge in [0.25, 0.3) is 5.91 Å². The van der Waals surface area contributed by atoms with Crippen LogP contribution >= 0.6 is 0 Å². The number of amides is 1. The Morgan fingerprint density at radius 2 is 1.76 bits per heavy atom. The molecule has 2 rings (SSSR count). The van der Waals surface area contributed by atoms with Crippen molar-refractivity contribution in [2.45, 2.75) is 0 Å². The third kappa shape index (κ3) is 3.15. The number of hydrogen-bond donors (Lipinski definition) is 0. The number of carbonyl (C=O) groups excluding carboxylic acids is 1. The van der Waals surface area contributed by atoms with Crippen molar-refractivity contribution in [1.29, 1.82) is 0 Å². The molecule has 1 amide bonds. The largest absolute Gasteiger partial charge is 0.337 e. The van der Waals surface area contributed by atoms with E-state index in [9.17, 15) is 32.1 Å². The highest BCUT2D eigenvalue weighted by molar-refractivity contribution is 7.91. The van der Waals surface area contributed by atoms with E-state index in [-0.39, 0.29) is 24.6 Å². The topological polar surface area (TPSA) is 97.6 Å². The van der Waals surface area contributed by atoms with Gasteiger partial charge in [-0.3, -0.25) is 14.9 Å². The fourth-order valence-corrected chi connectivity index (χ4v) is 3.13. The highest BCUT2D eigenvalue weighted by Gasteiger charge is 2.29. The van der Waals surface area contributed by atoms with Crippen LogP contribution in [0.15, 0.2) is 12.1 Å². The predicted octanol–water partition coefficient (Wildman–Crippen LogP) is 0.744. The predicted molar refractivity (Wildman–Crippen MR) is 67.6 cm³/mol. The highest BCUT2D eigenvalue weighted by Crippen LogP contribution is 2.23. The third-order valence-corrected chi connectivity index (χ3v) is 4.70. The van der Waals surface area contributed by atoms with Crippen LogP contribution in [0.1, 0.15) is 10.4 Å². The first-order valence-corrected chi connectivity index (χ1v) is 7.66. The first-order valence-electron chi connectivity index (χ1n) is 5.84. The number of nitrogens with zero attached hydrogens (tertiary/aromatic N) is 2. The van der Waals surface area contributed by atoms with Crippen LogP contribution in [0.25, 0.3) is 0 Å². The zero-order valence-corrected chi connectivity index (χ0v) is 11.4. The monoisotopic (exact) mass is 320 g/mol. The van der Waals surface area contributed by atoms with Gasteiger partial charge >= 0.3 is 5.69 Å². The second-order valence-electron chi connectivity index (χ2n) is 4.48. The van der Waals surface area contributed by atoms with Gasteiger partial charge in [0.05, 0.1) is 28.1 Å². The summed E-state index contributed by atoms with van der Waals surface area (Å²) in [5.41, 5.74) is -1.72. The summed E-state index contributed by atoms with van der Waals surface area (Å²) in [4.78, 5) is 22.5. The lowest BCUT2D eigenvalue weighted by molar-refractivity contribution is -0.387. The number of hydrogen-bond acceptors (Lipinski definition) is 5. The number of carbonyl (C=O) groups is 1. The average Bonchev–Trinajstić information content (AvgIpc) is 2.40. The van der Waals surface area contributed by atoms with E-state index in [0.717, 1.165) is 4.90 Å². The van der Waals surface area contributed by atoms with E-state index < -0.39 is 43.6 Å². The van der Waals surface area contributed by atoms with Crippen molar-refractivity contribution in [3.63, 3.8) is 0 Å². The minimum Gasteiger partial charge on any atom is -0.337 e. The second kappa shape index (κ2) is 5.35. The lowest BCUT2D eigenvalue weighted by Gasteiger charge is -2.26. The third-order valence-electron chi connectivity index (χ3n) is 3.10. The molecule has 0 atom stereocenters. The van der Waals surface area contributed by atoms with Crippen LogP contribution in [0.2, 0.25) is 0 Å². The summed E-state index contributed by atoms with van der Waals surface area (Å²) in [6.07, 6.45) is 0. The first-order chi connectivity index (χ1) is 9.71. The Hall–Kier alpha value is -2.10. The van der Waals surface area contributed by atoms with E-state index in [1.807, 2.05) is 0 Å². The minimum atomic E-state index is -3.22. The molecule has 0 aliphatic carbocycles. The molecule has 0 saturated carbocycles. The van der Waals surface area contributed by atoms with E-state index in [2.05, 4.69) is 0 Å². The van der Waals surface area contributed by atoms with E-state index in [4.69, 9.17) is 0 Å². The summed E-state index contributed by atoms with van der Waals surface area (Å²) in [5.74, 6) is -3.95. The van der Waals surface area contributed by atoms with Gasteiger partial charge in [0, 0.05) is 13.1 Å². The summed E-state index contributed by atoms with van der Waals surface area (Å²) in [7, 11) is -3.22. The molecule has 1 aromatic rings. The number of nitro benzene ring substituents is 1. The summed E-state index contributed by atoms with van der Waals surface area (Å²) >= 11 is 0. The smallest absolute Gasteiger partial charge is 0.307 e. The molecule has 0 radical (unpaired) electrons. The number of sulfone groups is 1. The van der Waals surface area contributed by atoms with Gasteiger partial charge in [-0.1, -0.05) is 0 Å². The standard InChI is InChI=1S/C11H10F2N2O5S/c12-8-6-10(15(17)18)9(13)5-7(8)11(16)14-1-3-21(19,20)4-2-14/h5-6H,1-4H2. The molecule has 0 spiro atoms. The van der Waals surface area contributed by atoms with E-state index in [1.54, 1.807) is 0 Å². The zero-order chi connectivity index (χ0) is 15.8. The van der Waals surface area contributed by atoms with Gasteiger partial charge in [-0.25, -0.2) is 12.8 Å². The van der Waals surface area contributed by atoms with Crippen LogP contribution in [-0.4, -0.2) is 48.7 Å². The molecule has 114 valence electrons. The summed E-state index contributed by atoms with van der Waals surface area (Å²) in [5, 5.41) is 10.5. The molecule has 1 heterocycles. The van der Waals surface area contributed by atoms with Crippen molar-refractivity contribution >= 4 is 21.4 Å². The van der Waals surface area contributed by atoms with E-state index in [0.29, 0.717) is 12.1 Å². The van der Waals surface area contributed by atoms with Crippen LogP contribution in [0, 0.1) is 21.7 Å². The van der Waals surface area contributed by atoms with Crippen molar-refractivity contribution in [2.24, 2.45) is 0 Å². The van der Waals surface area contributed by atoms with Gasteiger partial charge in [-0.15, -0.1) is 0 Å². The molecule has 1 saturated heterocycles. The van der Waals surface area contributed by atoms with Crippen molar-refractivity contribution < 1.29 is 26.9 Å². The van der Waals surface area contributed by atoms with Gasteiger partial charge in [0.1, 0.15) is 5.82 Å². The molecule has 1 aliphatic heterocycles. The summed E-state index contributed by atoms with van der Waals surface area (Å²) in [6.45, 7) is -0.252. The Kier molecular flexibility index (Phi) is 3.90. The molecular formula is C11H10F2N2O5S. The molecule has 1 aromatic carbocycles. The maximum atomic E-state index is 13.7. The van der Waals surface area contributed by atoms with E-state index in [1.165, 1.54) is 0 Å². The van der Waals surface area contributed by atoms with E-state index >= 15 is 0 Å². The molecule has 0 bridgehead atoms. The Bertz CT molecular complexity index is 706. The Balaban J connectivity index is 2.28. The molecule has 10 heteroatoms.